The van der Waals surface area contributed by atoms with Crippen molar-refractivity contribution >= 4 is 51.2 Å². The SMILES string of the molecule is O=C(O)C=C(C(=O)O)[Si](Cl)(Cl)Cl. The van der Waals surface area contributed by atoms with Gasteiger partial charge in [0.1, 0.15) is 0 Å². The molecule has 0 aliphatic heterocycles. The summed E-state index contributed by atoms with van der Waals surface area (Å²) in [7, 11) is 0. The fourth-order valence-electron chi connectivity index (χ4n) is 0.388. The minimum atomic E-state index is -3.62. The molecule has 0 rings (SSSR count). The zero-order valence-corrected chi connectivity index (χ0v) is 8.69. The molecule has 0 unspecified atom stereocenters. The van der Waals surface area contributed by atoms with Crippen LogP contribution in [0, 0.1) is 0 Å². The fourth-order valence-corrected chi connectivity index (χ4v) is 2.14. The number of hydrogen-bond donors (Lipinski definition) is 2. The van der Waals surface area contributed by atoms with Crippen LogP contribution in [-0.2, 0) is 9.59 Å². The van der Waals surface area contributed by atoms with E-state index in [1.165, 1.54) is 0 Å². The van der Waals surface area contributed by atoms with Crippen LogP contribution in [0.5, 0.6) is 0 Å². The van der Waals surface area contributed by atoms with Crippen LogP contribution in [-0.4, -0.2) is 28.2 Å². The lowest BCUT2D eigenvalue weighted by Crippen LogP contribution is -2.23. The summed E-state index contributed by atoms with van der Waals surface area (Å²) in [6.45, 7) is 0. The van der Waals surface area contributed by atoms with E-state index in [1.807, 2.05) is 0 Å². The average molecular weight is 250 g/mol. The van der Waals surface area contributed by atoms with Gasteiger partial charge in [0.15, 0.2) is 0 Å². The van der Waals surface area contributed by atoms with Crippen molar-refractivity contribution in [2.24, 2.45) is 0 Å². The van der Waals surface area contributed by atoms with Gasteiger partial charge in [-0.2, -0.15) is 0 Å². The van der Waals surface area contributed by atoms with Crippen molar-refractivity contribution in [1.82, 2.24) is 0 Å². The Kier molecular flexibility index (Phi) is 4.05. The van der Waals surface area contributed by atoms with Crippen LogP contribution in [0.4, 0.5) is 0 Å². The van der Waals surface area contributed by atoms with Crippen LogP contribution in [0.25, 0.3) is 0 Å². The highest BCUT2D eigenvalue weighted by Gasteiger charge is 2.36. The Labute approximate surface area is 82.5 Å². The van der Waals surface area contributed by atoms with Gasteiger partial charge in [-0.25, -0.2) is 9.59 Å². The van der Waals surface area contributed by atoms with Crippen molar-refractivity contribution < 1.29 is 19.8 Å². The normalized spacial score (nSPS) is 12.8. The van der Waals surface area contributed by atoms with E-state index in [2.05, 4.69) is 0 Å². The number of halogens is 3. The van der Waals surface area contributed by atoms with Gasteiger partial charge in [-0.15, -0.1) is 33.2 Å². The maximum atomic E-state index is 10.3. The van der Waals surface area contributed by atoms with Gasteiger partial charge in [0.05, 0.1) is 5.20 Å². The van der Waals surface area contributed by atoms with Gasteiger partial charge in [-0.1, -0.05) is 0 Å². The topological polar surface area (TPSA) is 74.6 Å². The Morgan fingerprint density at radius 1 is 1.17 bits per heavy atom. The maximum absolute atomic E-state index is 10.3. The molecule has 0 fully saturated rings. The molecule has 0 radical (unpaired) electrons. The number of carboxylic acids is 2. The third kappa shape index (κ3) is 3.96. The Hall–Kier alpha value is -0.233. The third-order valence-electron chi connectivity index (χ3n) is 0.804. The molecule has 0 aromatic heterocycles. The molecular formula is C4H3Cl3O4Si. The molecule has 0 aromatic rings. The molecule has 0 saturated heterocycles. The molecule has 0 aliphatic carbocycles. The largest absolute Gasteiger partial charge is 0.478 e. The Balaban J connectivity index is 4.94. The number of hydrogen-bond acceptors (Lipinski definition) is 2. The first kappa shape index (κ1) is 11.8. The van der Waals surface area contributed by atoms with Crippen LogP contribution >= 0.6 is 33.2 Å². The molecule has 0 atom stereocenters. The first-order chi connectivity index (χ1) is 5.25. The molecule has 0 amide bonds. The number of rotatable bonds is 3. The smallest absolute Gasteiger partial charge is 0.380 e. The first-order valence-corrected chi connectivity index (χ1v) is 7.54. The van der Waals surface area contributed by atoms with Crippen molar-refractivity contribution in [3.8, 4) is 0 Å². The molecule has 0 aromatic carbocycles. The molecule has 68 valence electrons. The van der Waals surface area contributed by atoms with E-state index in [4.69, 9.17) is 43.5 Å². The monoisotopic (exact) mass is 248 g/mol. The molecule has 0 aliphatic rings. The summed E-state index contributed by atoms with van der Waals surface area (Å²) in [5.41, 5.74) is 0. The minimum absolute atomic E-state index is 0.390. The van der Waals surface area contributed by atoms with Crippen LogP contribution in [0.15, 0.2) is 11.3 Å². The summed E-state index contributed by atoms with van der Waals surface area (Å²) in [4.78, 5) is 20.4. The summed E-state index contributed by atoms with van der Waals surface area (Å²) >= 11 is 15.9. The summed E-state index contributed by atoms with van der Waals surface area (Å²) in [6.07, 6.45) is 0.390. The van der Waals surface area contributed by atoms with Gasteiger partial charge in [-0.05, 0) is 0 Å². The van der Waals surface area contributed by atoms with Crippen molar-refractivity contribution in [3.05, 3.63) is 11.3 Å². The van der Waals surface area contributed by atoms with Gasteiger partial charge in [0, 0.05) is 6.08 Å². The van der Waals surface area contributed by atoms with Crippen LogP contribution in [0.3, 0.4) is 0 Å². The molecule has 0 heterocycles. The summed E-state index contributed by atoms with van der Waals surface area (Å²) in [5.74, 6) is -2.98. The van der Waals surface area contributed by atoms with E-state index in [0.29, 0.717) is 6.08 Å². The zero-order chi connectivity index (χ0) is 9.94. The second-order valence-electron chi connectivity index (χ2n) is 1.70. The van der Waals surface area contributed by atoms with Crippen molar-refractivity contribution in [2.45, 2.75) is 0 Å². The molecule has 4 nitrogen and oxygen atoms in total. The standard InChI is InChI=1S/C4H3Cl3O4Si/c5-12(6,7)2(4(10)11)1-3(8)9/h1H,(H,8,9)(H,10,11). The lowest BCUT2D eigenvalue weighted by Gasteiger charge is -2.06. The van der Waals surface area contributed by atoms with Crippen molar-refractivity contribution in [1.29, 1.82) is 0 Å². The summed E-state index contributed by atoms with van der Waals surface area (Å²) in [6, 6.07) is -3.62. The quantitative estimate of drug-likeness (QED) is 0.449. The van der Waals surface area contributed by atoms with Crippen LogP contribution in [0.1, 0.15) is 0 Å². The highest BCUT2D eigenvalue weighted by molar-refractivity contribution is 7.68. The zero-order valence-electron chi connectivity index (χ0n) is 5.42. The summed E-state index contributed by atoms with van der Waals surface area (Å²) in [5, 5.41) is 15.9. The summed E-state index contributed by atoms with van der Waals surface area (Å²) < 4.78 is 0. The van der Waals surface area contributed by atoms with E-state index < -0.39 is 23.1 Å². The van der Waals surface area contributed by atoms with E-state index in [9.17, 15) is 9.59 Å². The van der Waals surface area contributed by atoms with E-state index >= 15 is 0 Å². The number of carbonyl (C=O) groups is 2. The van der Waals surface area contributed by atoms with Gasteiger partial charge >= 0.3 is 17.9 Å². The number of carboxylic acid groups (broad SMARTS) is 2. The Morgan fingerprint density at radius 3 is 1.67 bits per heavy atom. The predicted octanol–water partition coefficient (Wildman–Crippen LogP) is 1.28. The number of aliphatic carboxylic acids is 2. The highest BCUT2D eigenvalue weighted by Crippen LogP contribution is 2.28. The van der Waals surface area contributed by atoms with Gasteiger partial charge < -0.3 is 10.2 Å². The van der Waals surface area contributed by atoms with E-state index in [-0.39, 0.29) is 0 Å². The molecule has 0 spiro atoms. The minimum Gasteiger partial charge on any atom is -0.478 e. The fraction of sp³-hybridized carbons (Fsp3) is 0. The lowest BCUT2D eigenvalue weighted by atomic mass is 10.5. The van der Waals surface area contributed by atoms with E-state index in [0.717, 1.165) is 0 Å². The van der Waals surface area contributed by atoms with Crippen molar-refractivity contribution in [2.75, 3.05) is 0 Å². The molecule has 12 heavy (non-hydrogen) atoms. The average Bonchev–Trinajstić information content (AvgIpc) is 1.79. The maximum Gasteiger partial charge on any atom is 0.380 e. The lowest BCUT2D eigenvalue weighted by molar-refractivity contribution is -0.134. The first-order valence-electron chi connectivity index (χ1n) is 2.50. The molecule has 0 bridgehead atoms. The van der Waals surface area contributed by atoms with E-state index in [1.54, 1.807) is 0 Å². The van der Waals surface area contributed by atoms with Crippen LogP contribution < -0.4 is 0 Å². The second-order valence-corrected chi connectivity index (χ2v) is 10.1. The Bertz CT molecular complexity index is 243. The highest BCUT2D eigenvalue weighted by atomic mass is 35.8. The van der Waals surface area contributed by atoms with Crippen LogP contribution in [0.2, 0.25) is 0 Å². The molecular weight excluding hydrogens is 246 g/mol. The van der Waals surface area contributed by atoms with Gasteiger partial charge in [-0.3, -0.25) is 0 Å². The molecule has 8 heteroatoms. The van der Waals surface area contributed by atoms with Gasteiger partial charge in [0.2, 0.25) is 0 Å². The molecule has 0 saturated carbocycles. The predicted molar refractivity (Wildman–Crippen MR) is 46.7 cm³/mol. The second kappa shape index (κ2) is 4.13. The van der Waals surface area contributed by atoms with Crippen molar-refractivity contribution in [3.63, 3.8) is 0 Å². The Morgan fingerprint density at radius 2 is 1.58 bits per heavy atom. The van der Waals surface area contributed by atoms with Gasteiger partial charge in [0.25, 0.3) is 0 Å². The third-order valence-corrected chi connectivity index (χ3v) is 3.61. The molecule has 2 N–H and O–H groups in total.